The van der Waals surface area contributed by atoms with Gasteiger partial charge in [0, 0.05) is 42.3 Å². The van der Waals surface area contributed by atoms with Crippen molar-refractivity contribution in [3.8, 4) is 0 Å². The molecule has 5 rings (SSSR count). The molecule has 1 aliphatic heterocycles. The number of aryl methyl sites for hydroxylation is 1. The Bertz CT molecular complexity index is 1290. The van der Waals surface area contributed by atoms with Crippen LogP contribution in [0.3, 0.4) is 0 Å². The highest BCUT2D eigenvalue weighted by Crippen LogP contribution is 2.23. The zero-order valence-electron chi connectivity index (χ0n) is 20.1. The Morgan fingerprint density at radius 3 is 2.91 bits per heavy atom. The number of aromatic nitrogens is 4. The van der Waals surface area contributed by atoms with E-state index >= 15 is 0 Å². The fourth-order valence-corrected chi connectivity index (χ4v) is 4.68. The Labute approximate surface area is 206 Å². The standard InChI is InChI=1S/C27H32N8/c1-35-13-10-19(18-35)4-2-6-22-15-23(9-12-29-22)33-25-17-31-26(28)27(34-25)32-16-20-7-8-24-21(14-20)5-3-11-30-24/h3,5,7-9,11-12,14-15,17,19H,2,4,6,10,13,16,18H2,1H3,(H2,28,31)(H2,29,32,33,34)/t19-/m0/s1. The summed E-state index contributed by atoms with van der Waals surface area (Å²) in [5.74, 6) is 2.38. The predicted molar refractivity (Wildman–Crippen MR) is 142 cm³/mol. The molecule has 0 aliphatic carbocycles. The summed E-state index contributed by atoms with van der Waals surface area (Å²) in [7, 11) is 2.21. The minimum Gasteiger partial charge on any atom is -0.381 e. The molecule has 0 bridgehead atoms. The van der Waals surface area contributed by atoms with Crippen molar-refractivity contribution < 1.29 is 0 Å². The number of benzene rings is 1. The molecule has 4 aromatic rings. The van der Waals surface area contributed by atoms with Crippen molar-refractivity contribution in [1.29, 1.82) is 0 Å². The maximum absolute atomic E-state index is 6.09. The molecule has 1 atom stereocenters. The van der Waals surface area contributed by atoms with Crippen molar-refractivity contribution in [1.82, 2.24) is 24.8 Å². The van der Waals surface area contributed by atoms with E-state index < -0.39 is 0 Å². The fraction of sp³-hybridized carbons (Fsp3) is 0.333. The number of rotatable bonds is 9. The van der Waals surface area contributed by atoms with Crippen LogP contribution in [0.4, 0.5) is 23.1 Å². The molecule has 0 radical (unpaired) electrons. The van der Waals surface area contributed by atoms with Crippen molar-refractivity contribution in [2.45, 2.75) is 32.2 Å². The Morgan fingerprint density at radius 2 is 2.03 bits per heavy atom. The van der Waals surface area contributed by atoms with Crippen LogP contribution in [0.1, 0.15) is 30.5 Å². The van der Waals surface area contributed by atoms with E-state index in [-0.39, 0.29) is 0 Å². The Morgan fingerprint density at radius 1 is 1.09 bits per heavy atom. The van der Waals surface area contributed by atoms with Crippen LogP contribution in [0.2, 0.25) is 0 Å². The maximum atomic E-state index is 6.09. The van der Waals surface area contributed by atoms with E-state index in [1.54, 1.807) is 12.4 Å². The summed E-state index contributed by atoms with van der Waals surface area (Å²) in [6.45, 7) is 3.03. The molecule has 1 aliphatic rings. The van der Waals surface area contributed by atoms with E-state index in [4.69, 9.17) is 5.73 Å². The summed E-state index contributed by atoms with van der Waals surface area (Å²) in [6.07, 6.45) is 10.0. The van der Waals surface area contributed by atoms with Gasteiger partial charge in [0.1, 0.15) is 0 Å². The van der Waals surface area contributed by atoms with Crippen LogP contribution < -0.4 is 16.4 Å². The quantitative estimate of drug-likeness (QED) is 0.326. The lowest BCUT2D eigenvalue weighted by molar-refractivity contribution is 0.384. The Hall–Kier alpha value is -3.78. The van der Waals surface area contributed by atoms with Crippen molar-refractivity contribution in [3.63, 3.8) is 0 Å². The Balaban J connectivity index is 1.19. The summed E-state index contributed by atoms with van der Waals surface area (Å²) in [5.41, 5.74) is 10.2. The van der Waals surface area contributed by atoms with E-state index in [9.17, 15) is 0 Å². The van der Waals surface area contributed by atoms with E-state index in [0.717, 1.165) is 46.6 Å². The topological polar surface area (TPSA) is 105 Å². The summed E-state index contributed by atoms with van der Waals surface area (Å²) >= 11 is 0. The van der Waals surface area contributed by atoms with Gasteiger partial charge in [0.2, 0.25) is 0 Å². The van der Waals surface area contributed by atoms with Crippen molar-refractivity contribution in [3.05, 3.63) is 72.3 Å². The first kappa shape index (κ1) is 23.0. The number of fused-ring (bicyclic) bond motifs is 1. The molecule has 8 heteroatoms. The number of pyridine rings is 2. The average molecular weight is 469 g/mol. The first-order valence-corrected chi connectivity index (χ1v) is 12.2. The molecule has 3 aromatic heterocycles. The van der Waals surface area contributed by atoms with Gasteiger partial charge in [0.15, 0.2) is 17.5 Å². The molecule has 0 saturated carbocycles. The normalized spacial score (nSPS) is 16.0. The van der Waals surface area contributed by atoms with Crippen molar-refractivity contribution in [2.24, 2.45) is 5.92 Å². The first-order chi connectivity index (χ1) is 17.1. The van der Waals surface area contributed by atoms with Crippen LogP contribution in [0.15, 0.2) is 61.1 Å². The lowest BCUT2D eigenvalue weighted by Gasteiger charge is -2.12. The molecular weight excluding hydrogens is 436 g/mol. The number of nitrogens with one attached hydrogen (secondary N) is 2. The fourth-order valence-electron chi connectivity index (χ4n) is 4.68. The third-order valence-corrected chi connectivity index (χ3v) is 6.55. The van der Waals surface area contributed by atoms with Crippen LogP contribution in [0.5, 0.6) is 0 Å². The van der Waals surface area contributed by atoms with Gasteiger partial charge in [0.05, 0.1) is 11.7 Å². The van der Waals surface area contributed by atoms with Gasteiger partial charge in [-0.15, -0.1) is 0 Å². The number of nitrogens with zero attached hydrogens (tertiary/aromatic N) is 5. The zero-order chi connectivity index (χ0) is 24.0. The van der Waals surface area contributed by atoms with Gasteiger partial charge in [-0.3, -0.25) is 9.97 Å². The largest absolute Gasteiger partial charge is 0.381 e. The molecule has 1 fully saturated rings. The number of hydrogen-bond donors (Lipinski definition) is 3. The average Bonchev–Trinajstić information content (AvgIpc) is 3.29. The number of hydrogen-bond acceptors (Lipinski definition) is 8. The molecule has 4 N–H and O–H groups in total. The van der Waals surface area contributed by atoms with Crippen LogP contribution in [0.25, 0.3) is 10.9 Å². The van der Waals surface area contributed by atoms with Gasteiger partial charge >= 0.3 is 0 Å². The highest BCUT2D eigenvalue weighted by molar-refractivity contribution is 5.79. The lowest BCUT2D eigenvalue weighted by atomic mass is 10.0. The van der Waals surface area contributed by atoms with E-state index in [0.29, 0.717) is 24.0 Å². The van der Waals surface area contributed by atoms with Crippen LogP contribution in [-0.2, 0) is 13.0 Å². The van der Waals surface area contributed by atoms with Crippen LogP contribution in [0, 0.1) is 5.92 Å². The van der Waals surface area contributed by atoms with Crippen molar-refractivity contribution in [2.75, 3.05) is 36.5 Å². The minimum absolute atomic E-state index is 0.367. The molecule has 35 heavy (non-hydrogen) atoms. The first-order valence-electron chi connectivity index (χ1n) is 12.2. The summed E-state index contributed by atoms with van der Waals surface area (Å²) < 4.78 is 0. The second kappa shape index (κ2) is 10.7. The number of nitrogen functional groups attached to an aromatic ring is 1. The van der Waals surface area contributed by atoms with E-state index in [2.05, 4.69) is 66.8 Å². The van der Waals surface area contributed by atoms with Crippen LogP contribution >= 0.6 is 0 Å². The highest BCUT2D eigenvalue weighted by Gasteiger charge is 2.18. The molecular formula is C27H32N8. The number of nitrogens with two attached hydrogens (primary N) is 1. The van der Waals surface area contributed by atoms with Gasteiger partial charge < -0.3 is 21.3 Å². The molecule has 180 valence electrons. The van der Waals surface area contributed by atoms with Gasteiger partial charge in [0.25, 0.3) is 0 Å². The number of likely N-dealkylation sites (tertiary alicyclic amines) is 1. The smallest absolute Gasteiger partial charge is 0.171 e. The van der Waals surface area contributed by atoms with Gasteiger partial charge in [-0.25, -0.2) is 9.97 Å². The van der Waals surface area contributed by atoms with Crippen molar-refractivity contribution >= 4 is 34.0 Å². The third kappa shape index (κ3) is 6.02. The molecule has 0 unspecified atom stereocenters. The SMILES string of the molecule is CN1CC[C@H](CCCc2cc(Nc3cnc(N)c(NCc4ccc5ncccc5c4)n3)ccn2)C1. The monoisotopic (exact) mass is 468 g/mol. The zero-order valence-corrected chi connectivity index (χ0v) is 20.1. The van der Waals surface area contributed by atoms with E-state index in [1.165, 1.54) is 25.9 Å². The second-order valence-corrected chi connectivity index (χ2v) is 9.34. The molecule has 0 spiro atoms. The van der Waals surface area contributed by atoms with Crippen LogP contribution in [-0.4, -0.2) is 45.0 Å². The predicted octanol–water partition coefficient (Wildman–Crippen LogP) is 4.63. The maximum Gasteiger partial charge on any atom is 0.171 e. The third-order valence-electron chi connectivity index (χ3n) is 6.55. The molecule has 8 nitrogen and oxygen atoms in total. The second-order valence-electron chi connectivity index (χ2n) is 9.34. The molecule has 1 aromatic carbocycles. The van der Waals surface area contributed by atoms with Gasteiger partial charge in [-0.2, -0.15) is 0 Å². The molecule has 1 saturated heterocycles. The van der Waals surface area contributed by atoms with Gasteiger partial charge in [-0.05, 0) is 81.1 Å². The molecule has 0 amide bonds. The minimum atomic E-state index is 0.367. The lowest BCUT2D eigenvalue weighted by Crippen LogP contribution is -2.14. The Kier molecular flexibility index (Phi) is 6.99. The number of anilines is 4. The highest BCUT2D eigenvalue weighted by atomic mass is 15.1. The summed E-state index contributed by atoms with van der Waals surface area (Å²) in [5, 5.41) is 7.76. The summed E-state index contributed by atoms with van der Waals surface area (Å²) in [6, 6.07) is 14.2. The molecule has 4 heterocycles. The van der Waals surface area contributed by atoms with E-state index in [1.807, 2.05) is 24.4 Å². The van der Waals surface area contributed by atoms with Gasteiger partial charge in [-0.1, -0.05) is 12.1 Å². The summed E-state index contributed by atoms with van der Waals surface area (Å²) in [4.78, 5) is 20.3.